The Morgan fingerprint density at radius 2 is 1.90 bits per heavy atom. The monoisotopic (exact) mass is 401 g/mol. The first-order chi connectivity index (χ1) is 14.6. The Labute approximate surface area is 174 Å². The van der Waals surface area contributed by atoms with Gasteiger partial charge in [-0.3, -0.25) is 0 Å². The van der Waals surface area contributed by atoms with Crippen LogP contribution in [0.5, 0.6) is 0 Å². The molecule has 0 radical (unpaired) electrons. The summed E-state index contributed by atoms with van der Waals surface area (Å²) < 4.78 is 7.38. The second-order valence-corrected chi connectivity index (χ2v) is 7.03. The quantitative estimate of drug-likeness (QED) is 0.498. The Hall–Kier alpha value is -3.87. The van der Waals surface area contributed by atoms with Crippen LogP contribution in [0, 0.1) is 13.8 Å². The third-order valence-corrected chi connectivity index (χ3v) is 4.60. The molecule has 4 rings (SSSR count). The second kappa shape index (κ2) is 8.65. The van der Waals surface area contributed by atoms with Crippen LogP contribution < -0.4 is 10.6 Å². The molecule has 30 heavy (non-hydrogen) atoms. The summed E-state index contributed by atoms with van der Waals surface area (Å²) in [6, 6.07) is 19.0. The van der Waals surface area contributed by atoms with Crippen molar-refractivity contribution in [2.45, 2.75) is 20.3 Å². The molecule has 0 aliphatic rings. The van der Waals surface area contributed by atoms with Crippen LogP contribution in [0.15, 0.2) is 71.3 Å². The molecule has 152 valence electrons. The Kier molecular flexibility index (Phi) is 5.61. The number of oxazole rings is 1. The number of nitrogens with one attached hydrogen (secondary N) is 2. The van der Waals surface area contributed by atoms with Crippen molar-refractivity contribution >= 4 is 11.7 Å². The number of hydrogen-bond donors (Lipinski definition) is 2. The van der Waals surface area contributed by atoms with Gasteiger partial charge >= 0.3 is 6.03 Å². The summed E-state index contributed by atoms with van der Waals surface area (Å²) in [7, 11) is 0. The standard InChI is InChI=1S/C23H23N5O2/c1-16-13-17(2)28(27-16)21-10-6-9-19(14-21)26-23(29)24-12-11-20-15-30-22(25-20)18-7-4-3-5-8-18/h3-10,13-15H,11-12H2,1-2H3,(H2,24,26,29). The number of benzene rings is 2. The maximum atomic E-state index is 12.3. The predicted octanol–water partition coefficient (Wildman–Crippen LogP) is 4.51. The largest absolute Gasteiger partial charge is 0.444 e. The first-order valence-corrected chi connectivity index (χ1v) is 9.77. The summed E-state index contributed by atoms with van der Waals surface area (Å²) in [5.74, 6) is 0.580. The molecule has 0 spiro atoms. The number of amides is 2. The minimum Gasteiger partial charge on any atom is -0.444 e. The third-order valence-electron chi connectivity index (χ3n) is 4.60. The summed E-state index contributed by atoms with van der Waals surface area (Å²) in [4.78, 5) is 16.7. The highest BCUT2D eigenvalue weighted by molar-refractivity contribution is 5.89. The van der Waals surface area contributed by atoms with Gasteiger partial charge in [0.15, 0.2) is 0 Å². The van der Waals surface area contributed by atoms with Crippen molar-refractivity contribution in [1.29, 1.82) is 0 Å². The minimum absolute atomic E-state index is 0.271. The van der Waals surface area contributed by atoms with Crippen LogP contribution >= 0.6 is 0 Å². The second-order valence-electron chi connectivity index (χ2n) is 7.03. The fraction of sp³-hybridized carbons (Fsp3) is 0.174. The highest BCUT2D eigenvalue weighted by Gasteiger charge is 2.08. The topological polar surface area (TPSA) is 85.0 Å². The average Bonchev–Trinajstić information content (AvgIpc) is 3.35. The van der Waals surface area contributed by atoms with E-state index in [4.69, 9.17) is 4.42 Å². The molecule has 4 aromatic rings. The van der Waals surface area contributed by atoms with Gasteiger partial charge in [0, 0.05) is 29.9 Å². The summed E-state index contributed by atoms with van der Waals surface area (Å²) in [6.07, 6.45) is 2.20. The highest BCUT2D eigenvalue weighted by atomic mass is 16.3. The van der Waals surface area contributed by atoms with Gasteiger partial charge in [0.2, 0.25) is 5.89 Å². The molecule has 0 unspecified atom stereocenters. The SMILES string of the molecule is Cc1cc(C)n(-c2cccc(NC(=O)NCCc3coc(-c4ccccc4)n3)c2)n1. The Balaban J connectivity index is 1.31. The maximum Gasteiger partial charge on any atom is 0.319 e. The van der Waals surface area contributed by atoms with Crippen LogP contribution in [-0.2, 0) is 6.42 Å². The lowest BCUT2D eigenvalue weighted by molar-refractivity contribution is 0.252. The summed E-state index contributed by atoms with van der Waals surface area (Å²) in [5.41, 5.74) is 5.31. The van der Waals surface area contributed by atoms with Crippen molar-refractivity contribution in [2.24, 2.45) is 0 Å². The van der Waals surface area contributed by atoms with E-state index in [0.29, 0.717) is 24.5 Å². The van der Waals surface area contributed by atoms with E-state index in [-0.39, 0.29) is 6.03 Å². The number of carbonyl (C=O) groups is 1. The van der Waals surface area contributed by atoms with E-state index in [1.165, 1.54) is 0 Å². The van der Waals surface area contributed by atoms with Crippen molar-refractivity contribution in [3.63, 3.8) is 0 Å². The Morgan fingerprint density at radius 3 is 2.67 bits per heavy atom. The molecular weight excluding hydrogens is 378 g/mol. The normalized spacial score (nSPS) is 10.7. The van der Waals surface area contributed by atoms with E-state index in [2.05, 4.69) is 20.7 Å². The third kappa shape index (κ3) is 4.57. The number of nitrogens with zero attached hydrogens (tertiary/aromatic N) is 3. The van der Waals surface area contributed by atoms with Gasteiger partial charge in [0.05, 0.1) is 17.1 Å². The zero-order valence-corrected chi connectivity index (χ0v) is 16.9. The van der Waals surface area contributed by atoms with Crippen molar-refractivity contribution in [3.8, 4) is 17.1 Å². The number of carbonyl (C=O) groups excluding carboxylic acids is 1. The summed E-state index contributed by atoms with van der Waals surface area (Å²) in [5, 5.41) is 10.2. The number of aromatic nitrogens is 3. The number of anilines is 1. The molecule has 0 saturated carbocycles. The van der Waals surface area contributed by atoms with Gasteiger partial charge < -0.3 is 15.1 Å². The van der Waals surface area contributed by atoms with Gasteiger partial charge in [0.1, 0.15) is 6.26 Å². The van der Waals surface area contributed by atoms with Crippen molar-refractivity contribution < 1.29 is 9.21 Å². The van der Waals surface area contributed by atoms with Crippen LogP contribution in [-0.4, -0.2) is 27.3 Å². The minimum atomic E-state index is -0.271. The van der Waals surface area contributed by atoms with Gasteiger partial charge in [-0.15, -0.1) is 0 Å². The molecule has 0 atom stereocenters. The van der Waals surface area contributed by atoms with Crippen LogP contribution in [0.2, 0.25) is 0 Å². The first kappa shape index (κ1) is 19.4. The van der Waals surface area contributed by atoms with Gasteiger partial charge in [0.25, 0.3) is 0 Å². The molecule has 2 aromatic heterocycles. The van der Waals surface area contributed by atoms with Gasteiger partial charge in [-0.1, -0.05) is 24.3 Å². The van der Waals surface area contributed by atoms with Crippen molar-refractivity contribution in [3.05, 3.63) is 84.0 Å². The van der Waals surface area contributed by atoms with E-state index < -0.39 is 0 Å². The fourth-order valence-corrected chi connectivity index (χ4v) is 3.22. The molecule has 0 bridgehead atoms. The molecule has 0 aliphatic carbocycles. The highest BCUT2D eigenvalue weighted by Crippen LogP contribution is 2.18. The zero-order valence-electron chi connectivity index (χ0n) is 16.9. The van der Waals surface area contributed by atoms with Crippen molar-refractivity contribution in [1.82, 2.24) is 20.1 Å². The molecule has 2 N–H and O–H groups in total. The lowest BCUT2D eigenvalue weighted by Crippen LogP contribution is -2.30. The molecule has 2 aromatic carbocycles. The smallest absolute Gasteiger partial charge is 0.319 e. The fourth-order valence-electron chi connectivity index (χ4n) is 3.22. The zero-order chi connectivity index (χ0) is 20.9. The molecule has 0 aliphatic heterocycles. The molecular formula is C23H23N5O2. The van der Waals surface area contributed by atoms with Crippen LogP contribution in [0.4, 0.5) is 10.5 Å². The summed E-state index contributed by atoms with van der Waals surface area (Å²) >= 11 is 0. The first-order valence-electron chi connectivity index (χ1n) is 9.77. The summed E-state index contributed by atoms with van der Waals surface area (Å²) in [6.45, 7) is 4.40. The number of aryl methyl sites for hydroxylation is 2. The number of rotatable bonds is 6. The van der Waals surface area contributed by atoms with E-state index >= 15 is 0 Å². The molecule has 2 amide bonds. The molecule has 0 saturated heterocycles. The van der Waals surface area contributed by atoms with Crippen LogP contribution in [0.1, 0.15) is 17.1 Å². The Bertz CT molecular complexity index is 1150. The van der Waals surface area contributed by atoms with Gasteiger partial charge in [-0.25, -0.2) is 14.5 Å². The molecule has 2 heterocycles. The number of hydrogen-bond acceptors (Lipinski definition) is 4. The van der Waals surface area contributed by atoms with E-state index in [1.807, 2.05) is 79.2 Å². The molecule has 7 nitrogen and oxygen atoms in total. The van der Waals surface area contributed by atoms with E-state index in [1.54, 1.807) is 6.26 Å². The maximum absolute atomic E-state index is 12.3. The van der Waals surface area contributed by atoms with E-state index in [9.17, 15) is 4.79 Å². The molecule has 7 heteroatoms. The lowest BCUT2D eigenvalue weighted by Gasteiger charge is -2.09. The van der Waals surface area contributed by atoms with Crippen molar-refractivity contribution in [2.75, 3.05) is 11.9 Å². The molecule has 0 fully saturated rings. The number of urea groups is 1. The predicted molar refractivity (Wildman–Crippen MR) is 116 cm³/mol. The van der Waals surface area contributed by atoms with Gasteiger partial charge in [-0.2, -0.15) is 5.10 Å². The van der Waals surface area contributed by atoms with Crippen LogP contribution in [0.25, 0.3) is 17.1 Å². The van der Waals surface area contributed by atoms with Crippen LogP contribution in [0.3, 0.4) is 0 Å². The lowest BCUT2D eigenvalue weighted by atomic mass is 10.2. The average molecular weight is 401 g/mol. The van der Waals surface area contributed by atoms with E-state index in [0.717, 1.165) is 28.3 Å². The Morgan fingerprint density at radius 1 is 1.07 bits per heavy atom. The van der Waals surface area contributed by atoms with Gasteiger partial charge in [-0.05, 0) is 50.2 Å².